The van der Waals surface area contributed by atoms with E-state index in [1.54, 1.807) is 30.3 Å². The van der Waals surface area contributed by atoms with Gasteiger partial charge in [-0.25, -0.2) is 9.48 Å². The van der Waals surface area contributed by atoms with Gasteiger partial charge in [-0.15, -0.1) is 16.9 Å². The second-order valence-electron chi connectivity index (χ2n) is 7.43. The molecule has 35 heavy (non-hydrogen) atoms. The fraction of sp³-hybridized carbons (Fsp3) is 0.333. The molecule has 1 fully saturated rings. The molecule has 2 unspecified atom stereocenters. The molecule has 1 saturated heterocycles. The predicted octanol–water partition coefficient (Wildman–Crippen LogP) is -0.917. The van der Waals surface area contributed by atoms with Crippen LogP contribution in [0.5, 0.6) is 0 Å². The predicted molar refractivity (Wildman–Crippen MR) is 121 cm³/mol. The van der Waals surface area contributed by atoms with Crippen molar-refractivity contribution in [1.82, 2.24) is 30.4 Å². The lowest BCUT2D eigenvalue weighted by molar-refractivity contribution is -0.151. The minimum Gasteiger partial charge on any atom is -0.477 e. The number of aliphatic carboxylic acids is 1. The van der Waals surface area contributed by atoms with E-state index in [4.69, 9.17) is 4.55 Å². The maximum atomic E-state index is 12.8. The zero-order valence-electron chi connectivity index (χ0n) is 17.6. The van der Waals surface area contributed by atoms with Crippen molar-refractivity contribution in [3.63, 3.8) is 0 Å². The van der Waals surface area contributed by atoms with Gasteiger partial charge < -0.3 is 15.5 Å². The number of hydrogen-bond acceptors (Lipinski definition) is 11. The van der Waals surface area contributed by atoms with Crippen molar-refractivity contribution in [2.24, 2.45) is 0 Å². The van der Waals surface area contributed by atoms with Crippen LogP contribution < -0.4 is 5.32 Å². The highest BCUT2D eigenvalue weighted by Gasteiger charge is 2.54. The molecule has 2 aliphatic rings. The van der Waals surface area contributed by atoms with Crippen LogP contribution in [-0.4, -0.2) is 89.0 Å². The molecule has 0 aliphatic carbocycles. The summed E-state index contributed by atoms with van der Waals surface area (Å²) < 4.78 is 32.0. The zero-order valence-corrected chi connectivity index (χ0v) is 20.0. The number of aliphatic hydroxyl groups excluding tert-OH is 1. The normalized spacial score (nSPS) is 20.7. The number of carboxylic acids is 1. The van der Waals surface area contributed by atoms with E-state index in [1.165, 1.54) is 11.8 Å². The van der Waals surface area contributed by atoms with E-state index in [0.29, 0.717) is 11.1 Å². The molecule has 3 atom stereocenters. The molecule has 14 nitrogen and oxygen atoms in total. The molecule has 0 bridgehead atoms. The van der Waals surface area contributed by atoms with Crippen molar-refractivity contribution in [3.8, 4) is 0 Å². The number of tetrazole rings is 1. The number of β-lactam (4-membered cyclic amide) rings is 1. The van der Waals surface area contributed by atoms with Crippen molar-refractivity contribution in [1.29, 1.82) is 0 Å². The molecule has 1 aromatic heterocycles. The third kappa shape index (κ3) is 5.32. The summed E-state index contributed by atoms with van der Waals surface area (Å²) in [5.74, 6) is -3.39. The molecule has 186 valence electrons. The van der Waals surface area contributed by atoms with Crippen LogP contribution in [-0.2, 0) is 30.4 Å². The lowest BCUT2D eigenvalue weighted by Gasteiger charge is -2.49. The first-order chi connectivity index (χ1) is 16.6. The minimum absolute atomic E-state index is 0.0285. The van der Waals surface area contributed by atoms with E-state index in [0.717, 1.165) is 21.3 Å². The van der Waals surface area contributed by atoms with Crippen LogP contribution in [0.15, 0.2) is 46.8 Å². The summed E-state index contributed by atoms with van der Waals surface area (Å²) in [7, 11) is -4.40. The molecule has 4 rings (SSSR count). The van der Waals surface area contributed by atoms with E-state index in [2.05, 4.69) is 20.8 Å². The average Bonchev–Trinajstić information content (AvgIpc) is 3.25. The number of benzene rings is 1. The summed E-state index contributed by atoms with van der Waals surface area (Å²) in [4.78, 5) is 38.3. The van der Waals surface area contributed by atoms with E-state index in [-0.39, 0.29) is 22.4 Å². The van der Waals surface area contributed by atoms with Crippen molar-refractivity contribution in [2.75, 3.05) is 11.5 Å². The second-order valence-corrected chi connectivity index (χ2v) is 10.9. The van der Waals surface area contributed by atoms with Crippen molar-refractivity contribution >= 4 is 51.4 Å². The Kier molecular flexibility index (Phi) is 7.13. The number of rotatable bonds is 9. The lowest BCUT2D eigenvalue weighted by Crippen LogP contribution is -2.70. The van der Waals surface area contributed by atoms with Gasteiger partial charge in [0.05, 0.1) is 0 Å². The number of amides is 2. The first-order valence-electron chi connectivity index (χ1n) is 9.84. The Morgan fingerprint density at radius 3 is 2.66 bits per heavy atom. The summed E-state index contributed by atoms with van der Waals surface area (Å²) in [5, 5.41) is 32.4. The third-order valence-corrected chi connectivity index (χ3v) is 8.03. The molecule has 1 aromatic carbocycles. The first-order valence-corrected chi connectivity index (χ1v) is 13.5. The Morgan fingerprint density at radius 1 is 1.29 bits per heavy atom. The van der Waals surface area contributed by atoms with Gasteiger partial charge in [0.25, 0.3) is 21.9 Å². The quantitative estimate of drug-likeness (QED) is 0.172. The van der Waals surface area contributed by atoms with Crippen LogP contribution in [0.2, 0.25) is 0 Å². The molecule has 3 heterocycles. The lowest BCUT2D eigenvalue weighted by atomic mass is 10.0. The maximum absolute atomic E-state index is 12.8. The Hall–Kier alpha value is -2.99. The highest BCUT2D eigenvalue weighted by molar-refractivity contribution is 8.01. The molecular weight excluding hydrogens is 524 g/mol. The van der Waals surface area contributed by atoms with Crippen LogP contribution in [0.4, 0.5) is 0 Å². The van der Waals surface area contributed by atoms with E-state index < -0.39 is 51.3 Å². The first kappa shape index (κ1) is 25.1. The fourth-order valence-corrected chi connectivity index (χ4v) is 6.43. The van der Waals surface area contributed by atoms with Crippen LogP contribution in [0.1, 0.15) is 11.7 Å². The van der Waals surface area contributed by atoms with Gasteiger partial charge in [0.1, 0.15) is 17.1 Å². The third-order valence-electron chi connectivity index (χ3n) is 5.07. The molecule has 2 aliphatic heterocycles. The Labute approximate surface area is 206 Å². The number of aliphatic hydroxyl groups is 1. The van der Waals surface area contributed by atoms with E-state index in [1.807, 2.05) is 0 Å². The van der Waals surface area contributed by atoms with Crippen LogP contribution in [0.25, 0.3) is 0 Å². The SMILES string of the molecule is O=C(O)C1=C(CSc2nnnn2CS(=O)(=O)O)CS[C@H]2C(NC(=O)C(O)c3ccccc3)C(=O)N12. The number of thioether (sulfide) groups is 2. The topological polar surface area (TPSA) is 205 Å². The minimum atomic E-state index is -4.40. The van der Waals surface area contributed by atoms with Gasteiger partial charge in [0.15, 0.2) is 12.0 Å². The molecular formula is C18H18N6O8S3. The van der Waals surface area contributed by atoms with Gasteiger partial charge in [-0.3, -0.25) is 19.0 Å². The summed E-state index contributed by atoms with van der Waals surface area (Å²) in [6.07, 6.45) is -1.48. The summed E-state index contributed by atoms with van der Waals surface area (Å²) in [6, 6.07) is 7.17. The van der Waals surface area contributed by atoms with Gasteiger partial charge in [-0.2, -0.15) is 8.42 Å². The zero-order chi connectivity index (χ0) is 25.3. The van der Waals surface area contributed by atoms with Gasteiger partial charge in [-0.1, -0.05) is 42.1 Å². The standard InChI is InChI=1S/C18H18N6O8S3/c25-13(9-4-2-1-3-5-9)14(26)19-11-15(27)24-12(17(28)29)10(6-33-16(11)24)7-34-18-20-21-22-23(18)8-35(30,31)32/h1-5,11,13,16,25H,6-8H2,(H,19,26)(H,28,29)(H,30,31,32)/t11?,13?,16-/m0/s1. The average molecular weight is 543 g/mol. The van der Waals surface area contributed by atoms with Crippen LogP contribution >= 0.6 is 23.5 Å². The summed E-state index contributed by atoms with van der Waals surface area (Å²) in [5.41, 5.74) is 0.480. The largest absolute Gasteiger partial charge is 0.477 e. The van der Waals surface area contributed by atoms with Crippen LogP contribution in [0.3, 0.4) is 0 Å². The number of fused-ring (bicyclic) bond motifs is 1. The fourth-order valence-electron chi connectivity index (χ4n) is 3.50. The Morgan fingerprint density at radius 2 is 2.00 bits per heavy atom. The van der Waals surface area contributed by atoms with Crippen LogP contribution in [0, 0.1) is 0 Å². The van der Waals surface area contributed by atoms with Gasteiger partial charge >= 0.3 is 5.97 Å². The molecule has 0 spiro atoms. The van der Waals surface area contributed by atoms with E-state index >= 15 is 0 Å². The molecule has 17 heteroatoms. The molecule has 0 saturated carbocycles. The van der Waals surface area contributed by atoms with E-state index in [9.17, 15) is 33.0 Å². The summed E-state index contributed by atoms with van der Waals surface area (Å²) >= 11 is 2.17. The number of aromatic nitrogens is 4. The molecule has 0 radical (unpaired) electrons. The Balaban J connectivity index is 1.46. The van der Waals surface area contributed by atoms with Gasteiger partial charge in [0.2, 0.25) is 5.16 Å². The maximum Gasteiger partial charge on any atom is 0.352 e. The monoisotopic (exact) mass is 542 g/mol. The van der Waals surface area contributed by atoms with Gasteiger partial charge in [0, 0.05) is 11.5 Å². The van der Waals surface area contributed by atoms with Crippen molar-refractivity contribution < 1.29 is 37.6 Å². The second kappa shape index (κ2) is 9.94. The number of hydrogen-bond donors (Lipinski definition) is 4. The molecule has 2 amide bonds. The molecule has 4 N–H and O–H groups in total. The Bertz CT molecular complexity index is 1300. The number of carbonyl (C=O) groups excluding carboxylic acids is 2. The van der Waals surface area contributed by atoms with Crippen molar-refractivity contribution in [2.45, 2.75) is 28.6 Å². The molecule has 2 aromatic rings. The van der Waals surface area contributed by atoms with Crippen molar-refractivity contribution in [3.05, 3.63) is 47.2 Å². The summed E-state index contributed by atoms with van der Waals surface area (Å²) in [6.45, 7) is 0. The number of carbonyl (C=O) groups is 3. The smallest absolute Gasteiger partial charge is 0.352 e. The number of carboxylic acid groups (broad SMARTS) is 1. The highest BCUT2D eigenvalue weighted by atomic mass is 32.2. The van der Waals surface area contributed by atoms with Gasteiger partial charge in [-0.05, 0) is 21.6 Å². The highest BCUT2D eigenvalue weighted by Crippen LogP contribution is 2.41. The number of nitrogens with one attached hydrogen (secondary N) is 1. The number of nitrogens with zero attached hydrogens (tertiary/aromatic N) is 5.